The van der Waals surface area contributed by atoms with Crippen molar-refractivity contribution in [2.75, 3.05) is 18.4 Å². The fourth-order valence-electron chi connectivity index (χ4n) is 2.57. The lowest BCUT2D eigenvalue weighted by atomic mass is 10.1. The number of para-hydroxylation sites is 1. The number of aliphatic hydroxyl groups excluding tert-OH is 1. The van der Waals surface area contributed by atoms with Crippen molar-refractivity contribution < 1.29 is 9.90 Å². The first-order chi connectivity index (χ1) is 10.2. The average molecular weight is 302 g/mol. The van der Waals surface area contributed by atoms with Gasteiger partial charge < -0.3 is 15.3 Å². The smallest absolute Gasteiger partial charge is 0.321 e. The Morgan fingerprint density at radius 2 is 2.14 bits per heavy atom. The van der Waals surface area contributed by atoms with Crippen molar-refractivity contribution in [2.45, 2.75) is 18.9 Å². The van der Waals surface area contributed by atoms with E-state index < -0.39 is 6.10 Å². The predicted molar refractivity (Wildman–Crippen MR) is 85.6 cm³/mol. The maximum atomic E-state index is 12.3. The molecule has 2 heterocycles. The fourth-order valence-corrected chi connectivity index (χ4v) is 3.34. The first kappa shape index (κ1) is 14.1. The summed E-state index contributed by atoms with van der Waals surface area (Å²) in [5.41, 5.74) is 1.84. The lowest BCUT2D eigenvalue weighted by Gasteiger charge is -2.30. The topological polar surface area (TPSA) is 52.6 Å². The summed E-state index contributed by atoms with van der Waals surface area (Å²) in [6.07, 6.45) is 1.22. The number of amides is 2. The van der Waals surface area contributed by atoms with Crippen molar-refractivity contribution in [1.82, 2.24) is 4.90 Å². The van der Waals surface area contributed by atoms with Crippen LogP contribution in [0.2, 0.25) is 0 Å². The molecule has 110 valence electrons. The third kappa shape index (κ3) is 3.25. The summed E-state index contributed by atoms with van der Waals surface area (Å²) in [7, 11) is 0. The molecule has 3 rings (SSSR count). The van der Waals surface area contributed by atoms with Crippen LogP contribution in [0.5, 0.6) is 0 Å². The summed E-state index contributed by atoms with van der Waals surface area (Å²) in [6.45, 7) is 1.11. The number of benzene rings is 1. The van der Waals surface area contributed by atoms with Gasteiger partial charge in [-0.05, 0) is 30.4 Å². The minimum atomic E-state index is -0.406. The number of thiophene rings is 1. The van der Waals surface area contributed by atoms with Crippen molar-refractivity contribution in [3.05, 3.63) is 41.8 Å². The molecule has 1 atom stereocenters. The molecule has 1 aliphatic rings. The van der Waals surface area contributed by atoms with E-state index in [1.54, 1.807) is 16.2 Å². The van der Waals surface area contributed by atoms with Gasteiger partial charge in [-0.1, -0.05) is 24.3 Å². The number of carbonyl (C=O) groups excluding carboxylic acids is 1. The normalized spacial score (nSPS) is 18.5. The summed E-state index contributed by atoms with van der Waals surface area (Å²) in [5, 5.41) is 14.7. The monoisotopic (exact) mass is 302 g/mol. The third-order valence-electron chi connectivity index (χ3n) is 3.64. The van der Waals surface area contributed by atoms with E-state index in [1.807, 2.05) is 41.8 Å². The summed E-state index contributed by atoms with van der Waals surface area (Å²) in [6, 6.07) is 11.7. The highest BCUT2D eigenvalue weighted by molar-refractivity contribution is 7.13. The second kappa shape index (κ2) is 6.28. The Bertz CT molecular complexity index is 612. The van der Waals surface area contributed by atoms with Crippen LogP contribution in [0, 0.1) is 0 Å². The standard InChI is InChI=1S/C16H18N2O2S/c19-12-5-3-9-18(11-12)16(20)17-14-7-2-1-6-13(14)15-8-4-10-21-15/h1-2,4,6-8,10,12,19H,3,5,9,11H2,(H,17,20). The first-order valence-electron chi connectivity index (χ1n) is 7.11. The number of nitrogens with zero attached hydrogens (tertiary/aromatic N) is 1. The second-order valence-electron chi connectivity index (χ2n) is 5.20. The molecule has 4 nitrogen and oxygen atoms in total. The summed E-state index contributed by atoms with van der Waals surface area (Å²) >= 11 is 1.65. The Labute approximate surface area is 128 Å². The molecule has 0 radical (unpaired) electrons. The Kier molecular flexibility index (Phi) is 4.22. The van der Waals surface area contributed by atoms with Crippen LogP contribution in [0.15, 0.2) is 41.8 Å². The highest BCUT2D eigenvalue weighted by Crippen LogP contribution is 2.31. The van der Waals surface area contributed by atoms with E-state index in [0.29, 0.717) is 13.1 Å². The van der Waals surface area contributed by atoms with Gasteiger partial charge in [0.2, 0.25) is 0 Å². The molecule has 2 amide bonds. The van der Waals surface area contributed by atoms with Crippen LogP contribution >= 0.6 is 11.3 Å². The van der Waals surface area contributed by atoms with Gasteiger partial charge in [-0.25, -0.2) is 4.79 Å². The minimum absolute atomic E-state index is 0.141. The van der Waals surface area contributed by atoms with E-state index in [2.05, 4.69) is 5.32 Å². The first-order valence-corrected chi connectivity index (χ1v) is 7.99. The van der Waals surface area contributed by atoms with Gasteiger partial charge >= 0.3 is 6.03 Å². The molecule has 0 saturated carbocycles. The van der Waals surface area contributed by atoms with Gasteiger partial charge in [0.05, 0.1) is 11.8 Å². The second-order valence-corrected chi connectivity index (χ2v) is 6.14. The Hall–Kier alpha value is -1.85. The highest BCUT2D eigenvalue weighted by Gasteiger charge is 2.22. The van der Waals surface area contributed by atoms with E-state index in [9.17, 15) is 9.90 Å². The molecule has 1 fully saturated rings. The maximum Gasteiger partial charge on any atom is 0.321 e. The van der Waals surface area contributed by atoms with Crippen molar-refractivity contribution in [3.8, 4) is 10.4 Å². The number of hydrogen-bond acceptors (Lipinski definition) is 3. The fraction of sp³-hybridized carbons (Fsp3) is 0.312. The van der Waals surface area contributed by atoms with Gasteiger partial charge in [0.25, 0.3) is 0 Å². The molecular formula is C16H18N2O2S. The minimum Gasteiger partial charge on any atom is -0.391 e. The van der Waals surface area contributed by atoms with Crippen molar-refractivity contribution in [1.29, 1.82) is 0 Å². The van der Waals surface area contributed by atoms with Crippen molar-refractivity contribution in [3.63, 3.8) is 0 Å². The number of nitrogens with one attached hydrogen (secondary N) is 1. The van der Waals surface area contributed by atoms with Gasteiger partial charge in [0.1, 0.15) is 0 Å². The van der Waals surface area contributed by atoms with Crippen LogP contribution < -0.4 is 5.32 Å². The molecule has 1 unspecified atom stereocenters. The maximum absolute atomic E-state index is 12.3. The molecule has 0 bridgehead atoms. The van der Waals surface area contributed by atoms with Gasteiger partial charge in [0.15, 0.2) is 0 Å². The summed E-state index contributed by atoms with van der Waals surface area (Å²) in [5.74, 6) is 0. The van der Waals surface area contributed by atoms with Gasteiger partial charge in [-0.3, -0.25) is 0 Å². The number of carbonyl (C=O) groups is 1. The molecule has 0 spiro atoms. The molecule has 1 aromatic heterocycles. The number of aliphatic hydroxyl groups is 1. The van der Waals surface area contributed by atoms with Gasteiger partial charge in [-0.2, -0.15) is 0 Å². The zero-order valence-corrected chi connectivity index (χ0v) is 12.5. The summed E-state index contributed by atoms with van der Waals surface area (Å²) in [4.78, 5) is 15.2. The molecule has 1 saturated heterocycles. The number of hydrogen-bond donors (Lipinski definition) is 2. The largest absolute Gasteiger partial charge is 0.391 e. The van der Waals surface area contributed by atoms with Crippen molar-refractivity contribution in [2.24, 2.45) is 0 Å². The lowest BCUT2D eigenvalue weighted by molar-refractivity contribution is 0.0883. The molecular weight excluding hydrogens is 284 g/mol. The lowest BCUT2D eigenvalue weighted by Crippen LogP contribution is -2.44. The van der Waals surface area contributed by atoms with Crippen LogP contribution in [-0.4, -0.2) is 35.2 Å². The number of piperidine rings is 1. The Morgan fingerprint density at radius 3 is 2.90 bits per heavy atom. The molecule has 0 aliphatic carbocycles. The zero-order chi connectivity index (χ0) is 14.7. The third-order valence-corrected chi connectivity index (χ3v) is 4.54. The van der Waals surface area contributed by atoms with E-state index >= 15 is 0 Å². The Balaban J connectivity index is 1.77. The average Bonchev–Trinajstić information content (AvgIpc) is 3.02. The number of rotatable bonds is 2. The zero-order valence-electron chi connectivity index (χ0n) is 11.7. The van der Waals surface area contributed by atoms with Crippen LogP contribution in [0.25, 0.3) is 10.4 Å². The van der Waals surface area contributed by atoms with Crippen molar-refractivity contribution >= 4 is 23.1 Å². The van der Waals surface area contributed by atoms with Gasteiger partial charge in [-0.15, -0.1) is 11.3 Å². The molecule has 1 aliphatic heterocycles. The highest BCUT2D eigenvalue weighted by atomic mass is 32.1. The van der Waals surface area contributed by atoms with E-state index in [0.717, 1.165) is 29.0 Å². The van der Waals surface area contributed by atoms with Crippen LogP contribution in [0.1, 0.15) is 12.8 Å². The number of β-amino-alcohol motifs (C(OH)–C–C–N with tert-alkyl or cyclic N) is 1. The van der Waals surface area contributed by atoms with Gasteiger partial charge in [0, 0.05) is 23.5 Å². The van der Waals surface area contributed by atoms with Crippen LogP contribution in [0.4, 0.5) is 10.5 Å². The van der Waals surface area contributed by atoms with E-state index in [-0.39, 0.29) is 6.03 Å². The SMILES string of the molecule is O=C(Nc1ccccc1-c1cccs1)N1CCCC(O)C1. The number of anilines is 1. The molecule has 1 aromatic carbocycles. The predicted octanol–water partition coefficient (Wildman–Crippen LogP) is 3.40. The quantitative estimate of drug-likeness (QED) is 0.893. The molecule has 5 heteroatoms. The molecule has 2 aromatic rings. The molecule has 2 N–H and O–H groups in total. The van der Waals surface area contributed by atoms with Crippen LogP contribution in [0.3, 0.4) is 0 Å². The number of likely N-dealkylation sites (tertiary alicyclic amines) is 1. The number of urea groups is 1. The molecule has 21 heavy (non-hydrogen) atoms. The summed E-state index contributed by atoms with van der Waals surface area (Å²) < 4.78 is 0. The van der Waals surface area contributed by atoms with Crippen LogP contribution in [-0.2, 0) is 0 Å². The van der Waals surface area contributed by atoms with E-state index in [1.165, 1.54) is 0 Å². The van der Waals surface area contributed by atoms with E-state index in [4.69, 9.17) is 0 Å². The Morgan fingerprint density at radius 1 is 1.29 bits per heavy atom.